The largest absolute Gasteiger partial charge is 0.328 e. The molecule has 1 radical (unpaired) electrons. The summed E-state index contributed by atoms with van der Waals surface area (Å²) < 4.78 is 27.0. The van der Waals surface area contributed by atoms with Crippen molar-refractivity contribution in [2.45, 2.75) is 63.7 Å². The van der Waals surface area contributed by atoms with Crippen molar-refractivity contribution in [3.63, 3.8) is 0 Å². The zero-order chi connectivity index (χ0) is 12.5. The molecule has 2 saturated carbocycles. The maximum absolute atomic E-state index is 13.5. The Morgan fingerprint density at radius 2 is 1.79 bits per heavy atom. The van der Waals surface area contributed by atoms with Gasteiger partial charge in [0.25, 0.3) is 0 Å². The molecule has 0 aromatic carbocycles. The standard InChI is InChI=1S/C16H23F2.Pr/c17-15-8-14(9-16(18)10-15)13-6-5-11-3-1-2-4-12(11)7-13;/h1,7,11-12,14-16H,2-6,8-10H2;/q-1;. The van der Waals surface area contributed by atoms with E-state index in [2.05, 4.69) is 12.5 Å². The smallest absolute Gasteiger partial charge is 0.103 e. The van der Waals surface area contributed by atoms with Crippen molar-refractivity contribution in [3.05, 3.63) is 18.1 Å². The van der Waals surface area contributed by atoms with Gasteiger partial charge >= 0.3 is 0 Å². The molecule has 4 unspecified atom stereocenters. The third-order valence-corrected chi connectivity index (χ3v) is 5.13. The molecule has 0 heterocycles. The van der Waals surface area contributed by atoms with Crippen molar-refractivity contribution in [1.29, 1.82) is 0 Å². The van der Waals surface area contributed by atoms with Crippen LogP contribution < -0.4 is 0 Å². The van der Waals surface area contributed by atoms with Crippen molar-refractivity contribution in [2.24, 2.45) is 17.8 Å². The number of hydrogen-bond acceptors (Lipinski definition) is 0. The molecule has 0 aliphatic heterocycles. The summed E-state index contributed by atoms with van der Waals surface area (Å²) in [4.78, 5) is 0. The van der Waals surface area contributed by atoms with Crippen LogP contribution in [0.5, 0.6) is 0 Å². The average Bonchev–Trinajstić information content (AvgIpc) is 2.37. The molecular formula is C16H23F2Pr-. The van der Waals surface area contributed by atoms with Crippen LogP contribution in [0.15, 0.2) is 11.6 Å². The van der Waals surface area contributed by atoms with Gasteiger partial charge in [-0.1, -0.05) is 24.0 Å². The average molecular weight is 394 g/mol. The van der Waals surface area contributed by atoms with Gasteiger partial charge < -0.3 is 6.42 Å². The first-order chi connectivity index (χ1) is 8.72. The summed E-state index contributed by atoms with van der Waals surface area (Å²) in [5.74, 6) is 1.70. The fourth-order valence-corrected chi connectivity index (χ4v) is 4.14. The van der Waals surface area contributed by atoms with Crippen LogP contribution in [0.25, 0.3) is 0 Å². The summed E-state index contributed by atoms with van der Waals surface area (Å²) in [7, 11) is 0. The zero-order valence-electron chi connectivity index (χ0n) is 11.5. The number of hydrogen-bond donors (Lipinski definition) is 0. The van der Waals surface area contributed by atoms with Gasteiger partial charge in [0.15, 0.2) is 0 Å². The summed E-state index contributed by atoms with van der Waals surface area (Å²) in [6, 6.07) is 0. The molecule has 0 bridgehead atoms. The van der Waals surface area contributed by atoms with Gasteiger partial charge in [-0.15, -0.1) is 0 Å². The summed E-state index contributed by atoms with van der Waals surface area (Å²) in [6.45, 7) is 0. The van der Waals surface area contributed by atoms with Crippen LogP contribution in [-0.2, 0) is 0 Å². The van der Waals surface area contributed by atoms with Gasteiger partial charge in [-0.3, -0.25) is 0 Å². The minimum atomic E-state index is -0.919. The zero-order valence-corrected chi connectivity index (χ0v) is 15.2. The van der Waals surface area contributed by atoms with E-state index in [0.717, 1.165) is 12.3 Å². The number of allylic oxidation sites excluding steroid dienone is 2. The molecule has 105 valence electrons. The van der Waals surface area contributed by atoms with Gasteiger partial charge in [0.2, 0.25) is 0 Å². The fourth-order valence-electron chi connectivity index (χ4n) is 4.14. The second-order valence-electron chi connectivity index (χ2n) is 6.40. The van der Waals surface area contributed by atoms with Crippen molar-refractivity contribution in [2.75, 3.05) is 0 Å². The molecule has 19 heavy (non-hydrogen) atoms. The fraction of sp³-hybridized carbons (Fsp3) is 0.812. The van der Waals surface area contributed by atoms with Gasteiger partial charge in [0.05, 0.1) is 0 Å². The first-order valence-corrected chi connectivity index (χ1v) is 7.52. The first-order valence-electron chi connectivity index (χ1n) is 7.52. The van der Waals surface area contributed by atoms with Crippen LogP contribution in [0.2, 0.25) is 0 Å². The minimum Gasteiger partial charge on any atom is -0.328 e. The number of rotatable bonds is 1. The van der Waals surface area contributed by atoms with E-state index in [9.17, 15) is 8.78 Å². The topological polar surface area (TPSA) is 0 Å². The summed E-state index contributed by atoms with van der Waals surface area (Å²) in [5.41, 5.74) is 1.38. The van der Waals surface area contributed by atoms with Crippen LogP contribution in [-0.4, -0.2) is 12.3 Å². The van der Waals surface area contributed by atoms with Gasteiger partial charge in [-0.05, 0) is 37.5 Å². The van der Waals surface area contributed by atoms with Crippen LogP contribution in [0.4, 0.5) is 8.78 Å². The van der Waals surface area contributed by atoms with E-state index in [-0.39, 0.29) is 53.6 Å². The number of halogens is 2. The van der Waals surface area contributed by atoms with Crippen molar-refractivity contribution < 1.29 is 50.1 Å². The predicted molar refractivity (Wildman–Crippen MR) is 69.6 cm³/mol. The van der Waals surface area contributed by atoms with E-state index in [1.54, 1.807) is 0 Å². The van der Waals surface area contributed by atoms with Crippen molar-refractivity contribution in [3.8, 4) is 0 Å². The molecule has 3 heteroatoms. The van der Waals surface area contributed by atoms with Gasteiger partial charge in [0, 0.05) is 47.7 Å². The normalized spacial score (nSPS) is 42.8. The molecule has 0 spiro atoms. The predicted octanol–water partition coefficient (Wildman–Crippen LogP) is 4.80. The van der Waals surface area contributed by atoms with Gasteiger partial charge in [-0.2, -0.15) is 12.8 Å². The maximum Gasteiger partial charge on any atom is 0.103 e. The molecule has 3 rings (SSSR count). The van der Waals surface area contributed by atoms with Gasteiger partial charge in [-0.25, -0.2) is 8.78 Å². The Bertz CT molecular complexity index is 319. The van der Waals surface area contributed by atoms with E-state index < -0.39 is 12.3 Å². The molecule has 3 aliphatic rings. The number of alkyl halides is 2. The van der Waals surface area contributed by atoms with Crippen LogP contribution in [0, 0.1) is 65.5 Å². The minimum absolute atomic E-state index is 0. The van der Waals surface area contributed by atoms with Crippen LogP contribution in [0.1, 0.15) is 51.4 Å². The first kappa shape index (κ1) is 16.3. The summed E-state index contributed by atoms with van der Waals surface area (Å²) in [6.07, 6.45) is 10.3. The molecule has 0 amide bonds. The van der Waals surface area contributed by atoms with Crippen LogP contribution in [0.3, 0.4) is 0 Å². The Hall–Kier alpha value is 0.964. The van der Waals surface area contributed by atoms with E-state index in [1.807, 2.05) is 0 Å². The maximum atomic E-state index is 13.5. The molecule has 3 aliphatic carbocycles. The summed E-state index contributed by atoms with van der Waals surface area (Å²) in [5, 5.41) is 0. The van der Waals surface area contributed by atoms with E-state index >= 15 is 0 Å². The molecule has 2 fully saturated rings. The van der Waals surface area contributed by atoms with E-state index in [4.69, 9.17) is 0 Å². The molecule has 0 aromatic rings. The molecule has 0 N–H and O–H groups in total. The molecule has 0 aromatic heterocycles. The Kier molecular flexibility index (Phi) is 6.27. The Morgan fingerprint density at radius 3 is 2.53 bits per heavy atom. The molecule has 4 atom stereocenters. The Labute approximate surface area is 148 Å². The quantitative estimate of drug-likeness (QED) is 0.443. The number of fused-ring (bicyclic) bond motifs is 1. The SMILES string of the molecule is FC1CC(F)CC(C2=CC3CC[CH-]CC3CC2)C1.[Pr]. The molecular weight excluding hydrogens is 371 g/mol. The van der Waals surface area contributed by atoms with Crippen molar-refractivity contribution in [1.82, 2.24) is 0 Å². The second kappa shape index (κ2) is 7.29. The molecule has 0 saturated heterocycles. The Morgan fingerprint density at radius 1 is 1.05 bits per heavy atom. The molecule has 0 nitrogen and oxygen atoms in total. The van der Waals surface area contributed by atoms with Crippen molar-refractivity contribution >= 4 is 0 Å². The van der Waals surface area contributed by atoms with Crippen LogP contribution >= 0.6 is 0 Å². The van der Waals surface area contributed by atoms with Gasteiger partial charge in [0.1, 0.15) is 12.3 Å². The monoisotopic (exact) mass is 394 g/mol. The third kappa shape index (κ3) is 3.99. The Balaban J connectivity index is 0.00000133. The third-order valence-electron chi connectivity index (χ3n) is 5.13. The summed E-state index contributed by atoms with van der Waals surface area (Å²) >= 11 is 0. The van der Waals surface area contributed by atoms with E-state index in [0.29, 0.717) is 18.8 Å². The second-order valence-corrected chi connectivity index (χ2v) is 6.40. The van der Waals surface area contributed by atoms with E-state index in [1.165, 1.54) is 31.3 Å².